The molecule has 0 aliphatic rings. The Morgan fingerprint density at radius 1 is 1.19 bits per heavy atom. The monoisotopic (exact) mass is 358 g/mol. The van der Waals surface area contributed by atoms with Crippen LogP contribution in [0.4, 0.5) is 13.2 Å². The molecule has 0 aliphatic carbocycles. The first-order valence-electron chi connectivity index (χ1n) is 8.34. The SMILES string of the molecule is CC(C)c1nn2cccc(C(F)(F)F)c2c1Cc1ccc2[nH]ncc2c1. The normalized spacial score (nSPS) is 12.5. The van der Waals surface area contributed by atoms with Gasteiger partial charge in [-0.2, -0.15) is 23.4 Å². The Kier molecular flexibility index (Phi) is 3.75. The van der Waals surface area contributed by atoms with Crippen LogP contribution in [0.2, 0.25) is 0 Å². The molecule has 3 aromatic heterocycles. The summed E-state index contributed by atoms with van der Waals surface area (Å²) in [6, 6.07) is 8.24. The molecule has 0 saturated carbocycles. The van der Waals surface area contributed by atoms with E-state index >= 15 is 0 Å². The van der Waals surface area contributed by atoms with Crippen molar-refractivity contribution < 1.29 is 13.2 Å². The highest BCUT2D eigenvalue weighted by molar-refractivity contribution is 5.78. The molecule has 0 unspecified atom stereocenters. The van der Waals surface area contributed by atoms with Crippen molar-refractivity contribution in [3.63, 3.8) is 0 Å². The van der Waals surface area contributed by atoms with E-state index in [0.29, 0.717) is 17.7 Å². The second-order valence-electron chi connectivity index (χ2n) is 6.70. The summed E-state index contributed by atoms with van der Waals surface area (Å²) in [5.41, 5.74) is 2.61. The molecule has 4 aromatic rings. The Morgan fingerprint density at radius 2 is 2.00 bits per heavy atom. The number of H-pyrrole nitrogens is 1. The van der Waals surface area contributed by atoms with E-state index in [4.69, 9.17) is 0 Å². The quantitative estimate of drug-likeness (QED) is 0.564. The van der Waals surface area contributed by atoms with Gasteiger partial charge in [-0.15, -0.1) is 0 Å². The Balaban J connectivity index is 1.92. The average Bonchev–Trinajstić information content (AvgIpc) is 3.18. The number of fused-ring (bicyclic) bond motifs is 2. The fourth-order valence-corrected chi connectivity index (χ4v) is 3.35. The third-order valence-electron chi connectivity index (χ3n) is 4.52. The zero-order chi connectivity index (χ0) is 18.5. The predicted octanol–water partition coefficient (Wildman–Crippen LogP) is 4.94. The summed E-state index contributed by atoms with van der Waals surface area (Å²) in [7, 11) is 0. The molecule has 0 aliphatic heterocycles. The zero-order valence-electron chi connectivity index (χ0n) is 14.3. The highest BCUT2D eigenvalue weighted by atomic mass is 19.4. The molecule has 0 spiro atoms. The van der Waals surface area contributed by atoms with Crippen LogP contribution in [0.15, 0.2) is 42.7 Å². The summed E-state index contributed by atoms with van der Waals surface area (Å²) >= 11 is 0. The summed E-state index contributed by atoms with van der Waals surface area (Å²) in [5.74, 6) is 0.0173. The summed E-state index contributed by atoms with van der Waals surface area (Å²) in [4.78, 5) is 0. The Labute approximate surface area is 147 Å². The molecule has 0 radical (unpaired) electrons. The van der Waals surface area contributed by atoms with E-state index in [9.17, 15) is 13.2 Å². The lowest BCUT2D eigenvalue weighted by Gasteiger charge is -2.11. The van der Waals surface area contributed by atoms with Crippen molar-refractivity contribution in [2.45, 2.75) is 32.4 Å². The minimum atomic E-state index is -4.43. The largest absolute Gasteiger partial charge is 0.418 e. The topological polar surface area (TPSA) is 46.0 Å². The van der Waals surface area contributed by atoms with Crippen LogP contribution < -0.4 is 0 Å². The second-order valence-corrected chi connectivity index (χ2v) is 6.70. The van der Waals surface area contributed by atoms with Crippen LogP contribution in [0, 0.1) is 0 Å². The van der Waals surface area contributed by atoms with Gasteiger partial charge in [0.15, 0.2) is 0 Å². The number of rotatable bonds is 3. The molecule has 0 atom stereocenters. The standard InChI is InChI=1S/C19H17F3N4/c1-11(2)17-14(9-12-5-6-16-13(8-12)10-23-24-16)18-15(19(20,21)22)4-3-7-26(18)25-17/h3-8,10-11H,9H2,1-2H3,(H,23,24). The van der Waals surface area contributed by atoms with E-state index in [-0.39, 0.29) is 11.4 Å². The number of aromatic amines is 1. The molecule has 4 rings (SSSR count). The van der Waals surface area contributed by atoms with Gasteiger partial charge in [-0.25, -0.2) is 4.52 Å². The number of aromatic nitrogens is 4. The maximum absolute atomic E-state index is 13.6. The van der Waals surface area contributed by atoms with E-state index < -0.39 is 11.7 Å². The van der Waals surface area contributed by atoms with Gasteiger partial charge in [0, 0.05) is 23.6 Å². The lowest BCUT2D eigenvalue weighted by Crippen LogP contribution is -2.08. The molecule has 0 bridgehead atoms. The van der Waals surface area contributed by atoms with Gasteiger partial charge in [-0.1, -0.05) is 19.9 Å². The predicted molar refractivity (Wildman–Crippen MR) is 93.2 cm³/mol. The van der Waals surface area contributed by atoms with Crippen molar-refractivity contribution in [1.29, 1.82) is 0 Å². The summed E-state index contributed by atoms with van der Waals surface area (Å²) < 4.78 is 42.0. The molecule has 0 saturated heterocycles. The van der Waals surface area contributed by atoms with Gasteiger partial charge in [0.2, 0.25) is 0 Å². The summed E-state index contributed by atoms with van der Waals surface area (Å²) in [5, 5.41) is 12.2. The van der Waals surface area contributed by atoms with E-state index in [1.165, 1.54) is 10.6 Å². The Bertz CT molecular complexity index is 1090. The Morgan fingerprint density at radius 3 is 2.73 bits per heavy atom. The molecule has 0 fully saturated rings. The smallest absolute Gasteiger partial charge is 0.278 e. The molecular weight excluding hydrogens is 341 g/mol. The van der Waals surface area contributed by atoms with Gasteiger partial charge in [0.1, 0.15) is 0 Å². The number of hydrogen-bond acceptors (Lipinski definition) is 2. The van der Waals surface area contributed by atoms with Crippen LogP contribution in [0.25, 0.3) is 16.4 Å². The molecule has 4 nitrogen and oxygen atoms in total. The number of nitrogens with zero attached hydrogens (tertiary/aromatic N) is 3. The van der Waals surface area contributed by atoms with E-state index in [1.807, 2.05) is 32.0 Å². The first kappa shape index (κ1) is 16.6. The molecule has 3 heterocycles. The fourth-order valence-electron chi connectivity index (χ4n) is 3.35. The third kappa shape index (κ3) is 2.73. The van der Waals surface area contributed by atoms with Gasteiger partial charge >= 0.3 is 6.18 Å². The molecular formula is C19H17F3N4. The molecule has 1 N–H and O–H groups in total. The molecule has 1 aromatic carbocycles. The third-order valence-corrected chi connectivity index (χ3v) is 4.52. The minimum absolute atomic E-state index is 0.0173. The van der Waals surface area contributed by atoms with E-state index in [0.717, 1.165) is 22.5 Å². The maximum Gasteiger partial charge on any atom is 0.418 e. The molecule has 134 valence electrons. The van der Waals surface area contributed by atoms with Gasteiger partial charge in [0.25, 0.3) is 0 Å². The number of nitrogens with one attached hydrogen (secondary N) is 1. The van der Waals surface area contributed by atoms with Gasteiger partial charge < -0.3 is 0 Å². The minimum Gasteiger partial charge on any atom is -0.278 e. The first-order chi connectivity index (χ1) is 12.3. The van der Waals surface area contributed by atoms with Crippen LogP contribution in [-0.2, 0) is 12.6 Å². The van der Waals surface area contributed by atoms with Gasteiger partial charge in [-0.3, -0.25) is 5.10 Å². The summed E-state index contributed by atoms with van der Waals surface area (Å²) in [6.07, 6.45) is -0.774. The van der Waals surface area contributed by atoms with Crippen molar-refractivity contribution in [3.8, 4) is 0 Å². The molecule has 26 heavy (non-hydrogen) atoms. The average molecular weight is 358 g/mol. The van der Waals surface area contributed by atoms with Gasteiger partial charge in [-0.05, 0) is 35.7 Å². The number of halogens is 3. The Hall–Kier alpha value is -2.83. The van der Waals surface area contributed by atoms with Crippen molar-refractivity contribution in [1.82, 2.24) is 19.8 Å². The molecule has 0 amide bonds. The van der Waals surface area contributed by atoms with E-state index in [1.54, 1.807) is 12.4 Å². The number of pyridine rings is 1. The van der Waals surface area contributed by atoms with Crippen LogP contribution in [-0.4, -0.2) is 19.8 Å². The summed E-state index contributed by atoms with van der Waals surface area (Å²) in [6.45, 7) is 3.88. The fraction of sp³-hybridized carbons (Fsp3) is 0.263. The van der Waals surface area contributed by atoms with Crippen LogP contribution in [0.1, 0.15) is 42.1 Å². The number of hydrogen-bond donors (Lipinski definition) is 1. The van der Waals surface area contributed by atoms with Crippen LogP contribution >= 0.6 is 0 Å². The van der Waals surface area contributed by atoms with E-state index in [2.05, 4.69) is 15.3 Å². The lowest BCUT2D eigenvalue weighted by atomic mass is 9.96. The van der Waals surface area contributed by atoms with Crippen LogP contribution in [0.5, 0.6) is 0 Å². The number of alkyl halides is 3. The van der Waals surface area contributed by atoms with Crippen molar-refractivity contribution in [2.24, 2.45) is 0 Å². The zero-order valence-corrected chi connectivity index (χ0v) is 14.3. The highest BCUT2D eigenvalue weighted by Gasteiger charge is 2.35. The van der Waals surface area contributed by atoms with Crippen molar-refractivity contribution >= 4 is 16.4 Å². The highest BCUT2D eigenvalue weighted by Crippen LogP contribution is 2.36. The van der Waals surface area contributed by atoms with Crippen LogP contribution in [0.3, 0.4) is 0 Å². The van der Waals surface area contributed by atoms with Crippen molar-refractivity contribution in [3.05, 3.63) is 65.1 Å². The lowest BCUT2D eigenvalue weighted by molar-refractivity contribution is -0.136. The number of benzene rings is 1. The first-order valence-corrected chi connectivity index (χ1v) is 8.34. The van der Waals surface area contributed by atoms with Gasteiger partial charge in [0.05, 0.1) is 28.5 Å². The van der Waals surface area contributed by atoms with Crippen molar-refractivity contribution in [2.75, 3.05) is 0 Å². The second kappa shape index (κ2) is 5.86. The molecule has 7 heteroatoms. The maximum atomic E-state index is 13.6.